The van der Waals surface area contributed by atoms with Crippen LogP contribution in [-0.2, 0) is 11.3 Å². The van der Waals surface area contributed by atoms with Gasteiger partial charge in [-0.2, -0.15) is 0 Å². The van der Waals surface area contributed by atoms with Crippen LogP contribution in [0.25, 0.3) is 0 Å². The van der Waals surface area contributed by atoms with E-state index in [2.05, 4.69) is 9.98 Å². The van der Waals surface area contributed by atoms with Crippen molar-refractivity contribution < 1.29 is 4.79 Å². The van der Waals surface area contributed by atoms with Gasteiger partial charge in [0.25, 0.3) is 0 Å². The summed E-state index contributed by atoms with van der Waals surface area (Å²) in [4.78, 5) is 22.2. The van der Waals surface area contributed by atoms with Crippen molar-refractivity contribution in [2.24, 2.45) is 4.99 Å². The van der Waals surface area contributed by atoms with Crippen LogP contribution in [0.5, 0.6) is 0 Å². The molecule has 1 aromatic carbocycles. The van der Waals surface area contributed by atoms with Crippen LogP contribution in [0.1, 0.15) is 11.1 Å². The number of rotatable bonds is 2. The van der Waals surface area contributed by atoms with Crippen molar-refractivity contribution in [2.75, 3.05) is 11.4 Å². The zero-order chi connectivity index (χ0) is 13.1. The number of para-hydroxylation sites is 1. The van der Waals surface area contributed by atoms with E-state index >= 15 is 0 Å². The van der Waals surface area contributed by atoms with Gasteiger partial charge < -0.3 is 4.90 Å². The lowest BCUT2D eigenvalue weighted by atomic mass is 10.1. The second kappa shape index (κ2) is 5.02. The molecule has 0 fully saturated rings. The van der Waals surface area contributed by atoms with Crippen LogP contribution in [0.2, 0.25) is 0 Å². The largest absolute Gasteiger partial charge is 0.306 e. The summed E-state index contributed by atoms with van der Waals surface area (Å²) >= 11 is 0. The number of fused-ring (bicyclic) bond motifs is 1. The maximum absolute atomic E-state index is 12.2. The molecule has 2 heterocycles. The standard InChI is InChI=1S/C15H13N3O/c19-15-10-17-9-13-5-1-2-6-14(13)18(15)11-12-4-3-7-16-8-12/h1-9H,10-11H2. The number of carbonyl (C=O) groups excluding carboxylic acids is 1. The second-order valence-corrected chi connectivity index (χ2v) is 4.37. The molecule has 1 amide bonds. The first kappa shape index (κ1) is 11.6. The fourth-order valence-electron chi connectivity index (χ4n) is 2.13. The fraction of sp³-hybridized carbons (Fsp3) is 0.133. The SMILES string of the molecule is O=C1CN=Cc2ccccc2N1Cc1cccnc1. The fourth-order valence-corrected chi connectivity index (χ4v) is 2.13. The third-order valence-electron chi connectivity index (χ3n) is 3.05. The van der Waals surface area contributed by atoms with Gasteiger partial charge in [0.15, 0.2) is 0 Å². The number of hydrogen-bond donors (Lipinski definition) is 0. The molecule has 0 saturated heterocycles. The van der Waals surface area contributed by atoms with Crippen LogP contribution in [0, 0.1) is 0 Å². The van der Waals surface area contributed by atoms with E-state index in [0.717, 1.165) is 16.8 Å². The van der Waals surface area contributed by atoms with Gasteiger partial charge in [0.05, 0.1) is 12.2 Å². The highest BCUT2D eigenvalue weighted by atomic mass is 16.2. The Kier molecular flexibility index (Phi) is 3.06. The van der Waals surface area contributed by atoms with E-state index in [1.165, 1.54) is 0 Å². The van der Waals surface area contributed by atoms with Crippen LogP contribution in [-0.4, -0.2) is 23.7 Å². The molecular formula is C15H13N3O. The summed E-state index contributed by atoms with van der Waals surface area (Å²) in [6.45, 7) is 0.710. The van der Waals surface area contributed by atoms with E-state index in [1.54, 1.807) is 23.5 Å². The quantitative estimate of drug-likeness (QED) is 0.820. The molecule has 0 bridgehead atoms. The van der Waals surface area contributed by atoms with Gasteiger partial charge >= 0.3 is 0 Å². The number of aliphatic imine (C=N–C) groups is 1. The molecule has 0 aliphatic carbocycles. The Morgan fingerprint density at radius 3 is 2.89 bits per heavy atom. The van der Waals surface area contributed by atoms with E-state index in [9.17, 15) is 4.79 Å². The number of anilines is 1. The van der Waals surface area contributed by atoms with Crippen molar-refractivity contribution in [3.8, 4) is 0 Å². The van der Waals surface area contributed by atoms with Gasteiger partial charge in [0.2, 0.25) is 5.91 Å². The van der Waals surface area contributed by atoms with Gasteiger partial charge in [-0.15, -0.1) is 0 Å². The Morgan fingerprint density at radius 1 is 1.16 bits per heavy atom. The molecule has 1 aromatic heterocycles. The maximum Gasteiger partial charge on any atom is 0.248 e. The zero-order valence-electron chi connectivity index (χ0n) is 10.4. The monoisotopic (exact) mass is 251 g/mol. The summed E-state index contributed by atoms with van der Waals surface area (Å²) in [5.74, 6) is 0.00468. The Morgan fingerprint density at radius 2 is 2.05 bits per heavy atom. The van der Waals surface area contributed by atoms with Crippen molar-refractivity contribution in [3.63, 3.8) is 0 Å². The van der Waals surface area contributed by atoms with Crippen molar-refractivity contribution in [1.82, 2.24) is 4.98 Å². The smallest absolute Gasteiger partial charge is 0.248 e. The molecule has 1 aliphatic heterocycles. The van der Waals surface area contributed by atoms with Crippen LogP contribution in [0.3, 0.4) is 0 Å². The van der Waals surface area contributed by atoms with Gasteiger partial charge in [0, 0.05) is 24.2 Å². The molecule has 19 heavy (non-hydrogen) atoms. The predicted octanol–water partition coefficient (Wildman–Crippen LogP) is 2.05. The second-order valence-electron chi connectivity index (χ2n) is 4.37. The molecule has 0 atom stereocenters. The highest BCUT2D eigenvalue weighted by Crippen LogP contribution is 2.23. The molecule has 1 aliphatic rings. The molecular weight excluding hydrogens is 238 g/mol. The third kappa shape index (κ3) is 2.38. The van der Waals surface area contributed by atoms with Crippen LogP contribution in [0.15, 0.2) is 53.8 Å². The highest BCUT2D eigenvalue weighted by Gasteiger charge is 2.20. The first-order valence-electron chi connectivity index (χ1n) is 6.13. The maximum atomic E-state index is 12.2. The Hall–Kier alpha value is -2.49. The van der Waals surface area contributed by atoms with Crippen LogP contribution >= 0.6 is 0 Å². The lowest BCUT2D eigenvalue weighted by Crippen LogP contribution is -2.31. The first-order chi connectivity index (χ1) is 9.34. The number of carbonyl (C=O) groups is 1. The lowest BCUT2D eigenvalue weighted by molar-refractivity contribution is -0.117. The van der Waals surface area contributed by atoms with E-state index in [1.807, 2.05) is 36.4 Å². The molecule has 0 unspecified atom stereocenters. The van der Waals surface area contributed by atoms with E-state index in [0.29, 0.717) is 6.54 Å². The number of amides is 1. The molecule has 94 valence electrons. The topological polar surface area (TPSA) is 45.6 Å². The van der Waals surface area contributed by atoms with Gasteiger partial charge in [-0.1, -0.05) is 24.3 Å². The van der Waals surface area contributed by atoms with Crippen LogP contribution < -0.4 is 4.90 Å². The average molecular weight is 251 g/mol. The van der Waals surface area contributed by atoms with Gasteiger partial charge in [-0.3, -0.25) is 14.8 Å². The van der Waals surface area contributed by atoms with Gasteiger partial charge in [-0.05, 0) is 17.7 Å². The number of aromatic nitrogens is 1. The normalized spacial score (nSPS) is 14.1. The molecule has 4 nitrogen and oxygen atoms in total. The molecule has 0 spiro atoms. The Labute approximate surface area is 111 Å². The molecule has 0 radical (unpaired) electrons. The van der Waals surface area contributed by atoms with E-state index in [-0.39, 0.29) is 12.5 Å². The van der Waals surface area contributed by atoms with Crippen LogP contribution in [0.4, 0.5) is 5.69 Å². The predicted molar refractivity (Wildman–Crippen MR) is 74.3 cm³/mol. The summed E-state index contributed by atoms with van der Waals surface area (Å²) in [5.41, 5.74) is 2.88. The minimum absolute atomic E-state index is 0.00468. The Balaban J connectivity index is 1.98. The molecule has 0 saturated carbocycles. The highest BCUT2D eigenvalue weighted by molar-refractivity contribution is 6.03. The number of benzodiazepines with no additional fused rings is 1. The number of benzene rings is 1. The average Bonchev–Trinajstić information content (AvgIpc) is 2.61. The first-order valence-corrected chi connectivity index (χ1v) is 6.13. The van der Waals surface area contributed by atoms with E-state index in [4.69, 9.17) is 0 Å². The summed E-state index contributed by atoms with van der Waals surface area (Å²) in [6, 6.07) is 11.6. The molecule has 0 N–H and O–H groups in total. The Bertz CT molecular complexity index is 622. The van der Waals surface area contributed by atoms with Crippen molar-refractivity contribution >= 4 is 17.8 Å². The summed E-state index contributed by atoms with van der Waals surface area (Å²) in [5, 5.41) is 0. The van der Waals surface area contributed by atoms with Gasteiger partial charge in [0.1, 0.15) is 6.54 Å². The number of pyridine rings is 1. The van der Waals surface area contributed by atoms with Crippen molar-refractivity contribution in [2.45, 2.75) is 6.54 Å². The minimum atomic E-state index is 0.00468. The van der Waals surface area contributed by atoms with Crippen molar-refractivity contribution in [3.05, 3.63) is 59.9 Å². The number of hydrogen-bond acceptors (Lipinski definition) is 3. The number of nitrogens with zero attached hydrogens (tertiary/aromatic N) is 3. The summed E-state index contributed by atoms with van der Waals surface area (Å²) in [7, 11) is 0. The zero-order valence-corrected chi connectivity index (χ0v) is 10.4. The van der Waals surface area contributed by atoms with Gasteiger partial charge in [-0.25, -0.2) is 0 Å². The molecule has 2 aromatic rings. The van der Waals surface area contributed by atoms with Crippen molar-refractivity contribution in [1.29, 1.82) is 0 Å². The van der Waals surface area contributed by atoms with E-state index < -0.39 is 0 Å². The summed E-state index contributed by atoms with van der Waals surface area (Å²) < 4.78 is 0. The summed E-state index contributed by atoms with van der Waals surface area (Å²) in [6.07, 6.45) is 5.27. The minimum Gasteiger partial charge on any atom is -0.306 e. The lowest BCUT2D eigenvalue weighted by Gasteiger charge is -2.22. The molecule has 4 heteroatoms. The molecule has 3 rings (SSSR count). The third-order valence-corrected chi connectivity index (χ3v) is 3.05.